The molecular weight excluding hydrogens is 292 g/mol. The van der Waals surface area contributed by atoms with Crippen LogP contribution in [-0.4, -0.2) is 16.3 Å². The number of hydrogen-bond acceptors (Lipinski definition) is 3. The van der Waals surface area contributed by atoms with E-state index < -0.39 is 0 Å². The number of hydrogen-bond donors (Lipinski definition) is 1. The van der Waals surface area contributed by atoms with Gasteiger partial charge < -0.3 is 5.73 Å². The summed E-state index contributed by atoms with van der Waals surface area (Å²) < 4.78 is 0. The predicted octanol–water partition coefficient (Wildman–Crippen LogP) is 3.32. The highest BCUT2D eigenvalue weighted by atomic mass is 32.1. The highest BCUT2D eigenvalue weighted by molar-refractivity contribution is 7.80. The van der Waals surface area contributed by atoms with Crippen LogP contribution in [0.15, 0.2) is 72.0 Å². The van der Waals surface area contributed by atoms with Gasteiger partial charge in [0.2, 0.25) is 0 Å². The molecule has 0 aliphatic heterocycles. The van der Waals surface area contributed by atoms with Crippen molar-refractivity contribution in [2.24, 2.45) is 10.8 Å². The highest BCUT2D eigenvalue weighted by Crippen LogP contribution is 2.16. The van der Waals surface area contributed by atoms with E-state index in [-0.39, 0.29) is 5.11 Å². The summed E-state index contributed by atoms with van der Waals surface area (Å²) in [5.41, 5.74) is 7.35. The summed E-state index contributed by atoms with van der Waals surface area (Å²) in [6.07, 6.45) is 3.44. The lowest BCUT2D eigenvalue weighted by atomic mass is 10.1. The average molecular weight is 306 g/mol. The smallest absolute Gasteiger partial charge is 0.191 e. The Labute approximate surface area is 133 Å². The minimum absolute atomic E-state index is 0.183. The Balaban J connectivity index is 1.99. The molecule has 0 radical (unpaired) electrons. The number of para-hydroxylation sites is 1. The third-order valence-electron chi connectivity index (χ3n) is 3.21. The molecule has 0 fully saturated rings. The Morgan fingerprint density at radius 2 is 1.77 bits per heavy atom. The molecule has 1 aromatic heterocycles. The first-order valence-electron chi connectivity index (χ1n) is 6.78. The van der Waals surface area contributed by atoms with Crippen molar-refractivity contribution < 1.29 is 0 Å². The van der Waals surface area contributed by atoms with Gasteiger partial charge in [0.25, 0.3) is 0 Å². The van der Waals surface area contributed by atoms with Gasteiger partial charge in [-0.25, -0.2) is 5.01 Å². The van der Waals surface area contributed by atoms with Gasteiger partial charge in [-0.3, -0.25) is 4.98 Å². The van der Waals surface area contributed by atoms with E-state index in [2.05, 4.69) is 10.1 Å². The second-order valence-corrected chi connectivity index (χ2v) is 5.07. The van der Waals surface area contributed by atoms with Crippen LogP contribution in [0.5, 0.6) is 0 Å². The molecule has 0 atom stereocenters. The molecule has 0 amide bonds. The Morgan fingerprint density at radius 3 is 2.55 bits per heavy atom. The van der Waals surface area contributed by atoms with Crippen LogP contribution in [0.2, 0.25) is 0 Å². The van der Waals surface area contributed by atoms with Crippen molar-refractivity contribution in [3.63, 3.8) is 0 Å². The number of fused-ring (bicyclic) bond motifs is 1. The Kier molecular flexibility index (Phi) is 4.07. The van der Waals surface area contributed by atoms with E-state index in [0.29, 0.717) is 0 Å². The molecule has 0 unspecified atom stereocenters. The second kappa shape index (κ2) is 6.32. The van der Waals surface area contributed by atoms with Crippen LogP contribution in [0.4, 0.5) is 5.69 Å². The van der Waals surface area contributed by atoms with Crippen molar-refractivity contribution >= 4 is 40.0 Å². The molecular formula is C17H14N4S. The summed E-state index contributed by atoms with van der Waals surface area (Å²) in [6, 6.07) is 19.5. The fraction of sp³-hybridized carbons (Fsp3) is 0. The maximum absolute atomic E-state index is 5.77. The zero-order valence-corrected chi connectivity index (χ0v) is 12.6. The lowest BCUT2D eigenvalue weighted by molar-refractivity contribution is 1.13. The first-order chi connectivity index (χ1) is 10.8. The molecule has 0 aliphatic rings. The summed E-state index contributed by atoms with van der Waals surface area (Å²) >= 11 is 5.08. The Morgan fingerprint density at radius 1 is 1.05 bits per heavy atom. The summed E-state index contributed by atoms with van der Waals surface area (Å²) in [4.78, 5) is 4.37. The number of nitrogens with zero attached hydrogens (tertiary/aromatic N) is 3. The topological polar surface area (TPSA) is 54.5 Å². The van der Waals surface area contributed by atoms with Crippen LogP contribution in [0.25, 0.3) is 10.8 Å². The predicted molar refractivity (Wildman–Crippen MR) is 95.0 cm³/mol. The van der Waals surface area contributed by atoms with Crippen LogP contribution in [-0.2, 0) is 0 Å². The van der Waals surface area contributed by atoms with Crippen LogP contribution >= 0.6 is 12.2 Å². The standard InChI is InChI=1S/C17H14N4S/c18-17(22)21(14-7-2-1-3-8-14)20-12-16-15-9-5-4-6-13(15)10-11-19-16/h1-12H,(H2,18,22)/b20-12-. The molecule has 2 N–H and O–H groups in total. The van der Waals surface area contributed by atoms with Crippen molar-refractivity contribution in [2.45, 2.75) is 0 Å². The van der Waals surface area contributed by atoms with E-state index in [4.69, 9.17) is 18.0 Å². The van der Waals surface area contributed by atoms with Gasteiger partial charge in [0, 0.05) is 11.6 Å². The summed E-state index contributed by atoms with van der Waals surface area (Å²) in [7, 11) is 0. The van der Waals surface area contributed by atoms with Gasteiger partial charge in [-0.1, -0.05) is 42.5 Å². The molecule has 2 aromatic carbocycles. The van der Waals surface area contributed by atoms with E-state index in [1.165, 1.54) is 5.01 Å². The van der Waals surface area contributed by atoms with Gasteiger partial charge in [-0.15, -0.1) is 0 Å². The molecule has 3 rings (SSSR count). The minimum Gasteiger partial charge on any atom is -0.374 e. The maximum Gasteiger partial charge on any atom is 0.191 e. The van der Waals surface area contributed by atoms with Gasteiger partial charge in [-0.2, -0.15) is 5.10 Å². The van der Waals surface area contributed by atoms with Crippen LogP contribution < -0.4 is 10.7 Å². The lowest BCUT2D eigenvalue weighted by Crippen LogP contribution is -2.30. The number of pyridine rings is 1. The summed E-state index contributed by atoms with van der Waals surface area (Å²) in [5, 5.41) is 8.23. The largest absolute Gasteiger partial charge is 0.374 e. The third kappa shape index (κ3) is 2.94. The number of hydrazone groups is 1. The van der Waals surface area contributed by atoms with Crippen molar-refractivity contribution in [1.82, 2.24) is 4.98 Å². The molecule has 0 saturated heterocycles. The van der Waals surface area contributed by atoms with Gasteiger partial charge >= 0.3 is 0 Å². The van der Waals surface area contributed by atoms with Gasteiger partial charge in [-0.05, 0) is 35.8 Å². The lowest BCUT2D eigenvalue weighted by Gasteiger charge is -2.16. The van der Waals surface area contributed by atoms with Crippen LogP contribution in [0.3, 0.4) is 0 Å². The molecule has 108 valence electrons. The molecule has 0 spiro atoms. The van der Waals surface area contributed by atoms with Gasteiger partial charge in [0.15, 0.2) is 5.11 Å². The third-order valence-corrected chi connectivity index (χ3v) is 3.38. The molecule has 4 nitrogen and oxygen atoms in total. The maximum atomic E-state index is 5.77. The van der Waals surface area contributed by atoms with Crippen molar-refractivity contribution in [3.05, 3.63) is 72.6 Å². The molecule has 1 heterocycles. The van der Waals surface area contributed by atoms with E-state index in [1.807, 2.05) is 60.7 Å². The van der Waals surface area contributed by atoms with E-state index in [0.717, 1.165) is 22.2 Å². The van der Waals surface area contributed by atoms with E-state index in [1.54, 1.807) is 12.4 Å². The number of aromatic nitrogens is 1. The fourth-order valence-electron chi connectivity index (χ4n) is 2.18. The first-order valence-corrected chi connectivity index (χ1v) is 7.19. The SMILES string of the molecule is NC(=S)N(/N=C\c1nccc2ccccc12)c1ccccc1. The normalized spacial score (nSPS) is 10.9. The number of benzene rings is 2. The Hall–Kier alpha value is -2.79. The number of nitrogens with two attached hydrogens (primary N) is 1. The van der Waals surface area contributed by atoms with Crippen molar-refractivity contribution in [3.8, 4) is 0 Å². The summed E-state index contributed by atoms with van der Waals surface area (Å²) in [5.74, 6) is 0. The molecule has 5 heteroatoms. The monoisotopic (exact) mass is 306 g/mol. The van der Waals surface area contributed by atoms with Crippen LogP contribution in [0.1, 0.15) is 5.69 Å². The fourth-order valence-corrected chi connectivity index (χ4v) is 2.33. The first kappa shape index (κ1) is 14.2. The van der Waals surface area contributed by atoms with Gasteiger partial charge in [0.05, 0.1) is 17.6 Å². The number of anilines is 1. The molecule has 0 aliphatic carbocycles. The van der Waals surface area contributed by atoms with E-state index >= 15 is 0 Å². The average Bonchev–Trinajstić information content (AvgIpc) is 2.56. The second-order valence-electron chi connectivity index (χ2n) is 4.65. The molecule has 0 saturated carbocycles. The van der Waals surface area contributed by atoms with Crippen molar-refractivity contribution in [2.75, 3.05) is 5.01 Å². The molecule has 22 heavy (non-hydrogen) atoms. The zero-order valence-electron chi connectivity index (χ0n) is 11.8. The number of rotatable bonds is 3. The van der Waals surface area contributed by atoms with Crippen molar-refractivity contribution in [1.29, 1.82) is 0 Å². The molecule has 0 bridgehead atoms. The molecule has 3 aromatic rings. The highest BCUT2D eigenvalue weighted by Gasteiger charge is 2.07. The summed E-state index contributed by atoms with van der Waals surface area (Å²) in [6.45, 7) is 0. The quantitative estimate of drug-likeness (QED) is 0.458. The van der Waals surface area contributed by atoms with Gasteiger partial charge in [0.1, 0.15) is 0 Å². The minimum atomic E-state index is 0.183. The number of thiocarbonyl (C=S) groups is 1. The van der Waals surface area contributed by atoms with E-state index in [9.17, 15) is 0 Å². The zero-order chi connectivity index (χ0) is 15.4. The Bertz CT molecular complexity index is 825. The van der Waals surface area contributed by atoms with Crippen LogP contribution in [0, 0.1) is 0 Å².